The second kappa shape index (κ2) is 7.56. The average Bonchev–Trinajstić information content (AvgIpc) is 3.04. The van der Waals surface area contributed by atoms with Crippen molar-refractivity contribution in [2.24, 2.45) is 5.92 Å². The number of barbiturate groups is 1. The van der Waals surface area contributed by atoms with E-state index in [2.05, 4.69) is 6.92 Å². The number of amides is 4. The van der Waals surface area contributed by atoms with Gasteiger partial charge in [-0.1, -0.05) is 37.1 Å². The first-order chi connectivity index (χ1) is 12.0. The Labute approximate surface area is 152 Å². The fourth-order valence-corrected chi connectivity index (χ4v) is 3.91. The molecule has 1 aromatic rings. The van der Waals surface area contributed by atoms with E-state index in [0.29, 0.717) is 17.4 Å². The number of hydrogen-bond donors (Lipinski definition) is 0. The number of carbonyl (C=O) groups excluding carboxylic acids is 3. The number of carbonyl (C=O) groups is 3. The molecule has 1 aliphatic carbocycles. The highest BCUT2D eigenvalue weighted by Crippen LogP contribution is 2.33. The number of rotatable bonds is 5. The Morgan fingerprint density at radius 1 is 1.08 bits per heavy atom. The van der Waals surface area contributed by atoms with E-state index < -0.39 is 11.9 Å². The summed E-state index contributed by atoms with van der Waals surface area (Å²) in [5, 5.41) is 0.650. The highest BCUT2D eigenvalue weighted by atomic mass is 35.5. The fraction of sp³-hybridized carbons (Fsp3) is 0.526. The van der Waals surface area contributed by atoms with Crippen LogP contribution in [0.1, 0.15) is 44.6 Å². The summed E-state index contributed by atoms with van der Waals surface area (Å²) in [5.41, 5.74) is 1.00. The van der Waals surface area contributed by atoms with Crippen LogP contribution in [0.4, 0.5) is 4.79 Å². The summed E-state index contributed by atoms with van der Waals surface area (Å²) in [5.74, 6) is -0.185. The zero-order valence-electron chi connectivity index (χ0n) is 14.4. The third kappa shape index (κ3) is 3.87. The minimum absolute atomic E-state index is 0.0592. The van der Waals surface area contributed by atoms with Gasteiger partial charge in [0.15, 0.2) is 0 Å². The predicted molar refractivity (Wildman–Crippen MR) is 95.1 cm³/mol. The minimum atomic E-state index is -0.447. The van der Waals surface area contributed by atoms with E-state index in [1.54, 1.807) is 12.1 Å². The van der Waals surface area contributed by atoms with Gasteiger partial charge in [0.05, 0.1) is 0 Å². The standard InChI is InChI=1S/C19H23ClN2O3/c1-2-13-5-8-16(11-13)22-18(24)12-17(23)21(19(22)25)10-9-14-3-6-15(20)7-4-14/h3-4,6-7,13,16H,2,5,8-12H2,1H3. The maximum atomic E-state index is 12.8. The summed E-state index contributed by atoms with van der Waals surface area (Å²) in [6.07, 6.45) is 4.14. The van der Waals surface area contributed by atoms with Crippen LogP contribution in [0.3, 0.4) is 0 Å². The van der Waals surface area contributed by atoms with Crippen LogP contribution < -0.4 is 0 Å². The van der Waals surface area contributed by atoms with Crippen LogP contribution in [0.5, 0.6) is 0 Å². The topological polar surface area (TPSA) is 57.7 Å². The van der Waals surface area contributed by atoms with Crippen molar-refractivity contribution in [2.45, 2.75) is 51.5 Å². The Morgan fingerprint density at radius 2 is 1.80 bits per heavy atom. The number of benzene rings is 1. The number of halogens is 1. The summed E-state index contributed by atoms with van der Waals surface area (Å²) in [7, 11) is 0. The SMILES string of the molecule is CCC1CCC(N2C(=O)CC(=O)N(CCc3ccc(Cl)cc3)C2=O)C1. The number of nitrogens with zero attached hydrogens (tertiary/aromatic N) is 2. The lowest BCUT2D eigenvalue weighted by molar-refractivity contribution is -0.143. The van der Waals surface area contributed by atoms with E-state index in [1.807, 2.05) is 12.1 Å². The molecule has 0 bridgehead atoms. The third-order valence-corrected chi connectivity index (χ3v) is 5.55. The average molecular weight is 363 g/mol. The number of urea groups is 1. The molecule has 2 aliphatic rings. The molecule has 0 N–H and O–H groups in total. The first-order valence-electron chi connectivity index (χ1n) is 8.90. The molecule has 0 radical (unpaired) electrons. The highest BCUT2D eigenvalue weighted by molar-refractivity contribution is 6.30. The molecule has 134 valence electrons. The van der Waals surface area contributed by atoms with Gasteiger partial charge in [-0.05, 0) is 49.3 Å². The van der Waals surface area contributed by atoms with Crippen LogP contribution in [0.2, 0.25) is 5.02 Å². The van der Waals surface area contributed by atoms with Gasteiger partial charge >= 0.3 is 6.03 Å². The Hall–Kier alpha value is -1.88. The van der Waals surface area contributed by atoms with Gasteiger partial charge in [0.2, 0.25) is 11.8 Å². The van der Waals surface area contributed by atoms with Crippen molar-refractivity contribution in [1.29, 1.82) is 0 Å². The van der Waals surface area contributed by atoms with E-state index >= 15 is 0 Å². The summed E-state index contributed by atoms with van der Waals surface area (Å²) in [6, 6.07) is 6.83. The maximum Gasteiger partial charge on any atom is 0.333 e. The van der Waals surface area contributed by atoms with Crippen molar-refractivity contribution in [3.63, 3.8) is 0 Å². The second-order valence-electron chi connectivity index (χ2n) is 6.89. The zero-order chi connectivity index (χ0) is 18.0. The largest absolute Gasteiger partial charge is 0.333 e. The second-order valence-corrected chi connectivity index (χ2v) is 7.32. The van der Waals surface area contributed by atoms with Crippen LogP contribution in [-0.2, 0) is 16.0 Å². The zero-order valence-corrected chi connectivity index (χ0v) is 15.2. The first kappa shape index (κ1) is 17.9. The van der Waals surface area contributed by atoms with Gasteiger partial charge in [-0.3, -0.25) is 19.4 Å². The molecule has 1 aromatic carbocycles. The molecule has 2 atom stereocenters. The lowest BCUT2D eigenvalue weighted by Crippen LogP contribution is -2.58. The van der Waals surface area contributed by atoms with Gasteiger partial charge in [-0.25, -0.2) is 4.79 Å². The molecule has 2 unspecified atom stereocenters. The van der Waals surface area contributed by atoms with E-state index in [9.17, 15) is 14.4 Å². The maximum absolute atomic E-state index is 12.8. The molecular formula is C19H23ClN2O3. The Balaban J connectivity index is 1.68. The Bertz CT molecular complexity index is 674. The van der Waals surface area contributed by atoms with Crippen LogP contribution >= 0.6 is 11.6 Å². The van der Waals surface area contributed by atoms with E-state index in [1.165, 1.54) is 9.80 Å². The third-order valence-electron chi connectivity index (χ3n) is 5.30. The van der Waals surface area contributed by atoms with Crippen LogP contribution in [-0.4, -0.2) is 40.2 Å². The van der Waals surface area contributed by atoms with Gasteiger partial charge in [-0.2, -0.15) is 0 Å². The normalized spacial score (nSPS) is 24.3. The van der Waals surface area contributed by atoms with Crippen LogP contribution in [0.15, 0.2) is 24.3 Å². The summed E-state index contributed by atoms with van der Waals surface area (Å²) < 4.78 is 0. The quantitative estimate of drug-likeness (QED) is 0.751. The van der Waals surface area contributed by atoms with Crippen molar-refractivity contribution in [1.82, 2.24) is 9.80 Å². The fourth-order valence-electron chi connectivity index (χ4n) is 3.78. The molecule has 6 heteroatoms. The molecule has 1 aliphatic heterocycles. The summed E-state index contributed by atoms with van der Waals surface area (Å²) >= 11 is 5.88. The van der Waals surface area contributed by atoms with Crippen LogP contribution in [0, 0.1) is 5.92 Å². The molecule has 25 heavy (non-hydrogen) atoms. The predicted octanol–water partition coefficient (Wildman–Crippen LogP) is 3.64. The van der Waals surface area contributed by atoms with Crippen molar-refractivity contribution in [3.05, 3.63) is 34.9 Å². The minimum Gasteiger partial charge on any atom is -0.274 e. The van der Waals surface area contributed by atoms with E-state index in [4.69, 9.17) is 11.6 Å². The molecule has 4 amide bonds. The number of imide groups is 2. The lowest BCUT2D eigenvalue weighted by Gasteiger charge is -2.36. The molecule has 2 fully saturated rings. The molecule has 0 spiro atoms. The molecule has 1 saturated heterocycles. The smallest absolute Gasteiger partial charge is 0.274 e. The van der Waals surface area contributed by atoms with Crippen LogP contribution in [0.25, 0.3) is 0 Å². The Morgan fingerprint density at radius 3 is 2.44 bits per heavy atom. The molecular weight excluding hydrogens is 340 g/mol. The number of hydrogen-bond acceptors (Lipinski definition) is 3. The van der Waals surface area contributed by atoms with E-state index in [-0.39, 0.29) is 24.9 Å². The summed E-state index contributed by atoms with van der Waals surface area (Å²) in [6.45, 7) is 2.42. The van der Waals surface area contributed by atoms with Gasteiger partial charge in [0.25, 0.3) is 0 Å². The van der Waals surface area contributed by atoms with Gasteiger partial charge in [0.1, 0.15) is 6.42 Å². The van der Waals surface area contributed by atoms with Gasteiger partial charge in [0, 0.05) is 17.6 Å². The highest BCUT2D eigenvalue weighted by Gasteiger charge is 2.43. The monoisotopic (exact) mass is 362 g/mol. The van der Waals surface area contributed by atoms with Crippen molar-refractivity contribution in [2.75, 3.05) is 6.54 Å². The van der Waals surface area contributed by atoms with Gasteiger partial charge in [-0.15, -0.1) is 0 Å². The van der Waals surface area contributed by atoms with Crippen molar-refractivity contribution < 1.29 is 14.4 Å². The van der Waals surface area contributed by atoms with Gasteiger partial charge < -0.3 is 0 Å². The molecule has 1 heterocycles. The molecule has 1 saturated carbocycles. The summed E-state index contributed by atoms with van der Waals surface area (Å²) in [4.78, 5) is 39.9. The van der Waals surface area contributed by atoms with Crippen molar-refractivity contribution in [3.8, 4) is 0 Å². The molecule has 5 nitrogen and oxygen atoms in total. The molecule has 3 rings (SSSR count). The molecule has 0 aromatic heterocycles. The Kier molecular flexibility index (Phi) is 5.42. The van der Waals surface area contributed by atoms with E-state index in [0.717, 1.165) is 31.2 Å². The first-order valence-corrected chi connectivity index (χ1v) is 9.28. The van der Waals surface area contributed by atoms with Crippen molar-refractivity contribution >= 4 is 29.4 Å². The lowest BCUT2D eigenvalue weighted by atomic mass is 10.0.